The first-order valence-electron chi connectivity index (χ1n) is 3.77. The van der Waals surface area contributed by atoms with Gasteiger partial charge in [-0.2, -0.15) is 0 Å². The van der Waals surface area contributed by atoms with Crippen LogP contribution in [-0.2, 0) is 0 Å². The minimum Gasteiger partial charge on any atom is -0.507 e. The molecule has 0 amide bonds. The molecular formula is C9H5F2IOS. The zero-order valence-electron chi connectivity index (χ0n) is 6.80. The second-order valence-corrected chi connectivity index (χ2v) is 4.87. The van der Waals surface area contributed by atoms with Gasteiger partial charge in [0.25, 0.3) is 6.43 Å². The molecule has 1 heterocycles. The Morgan fingerprint density at radius 1 is 1.36 bits per heavy atom. The van der Waals surface area contributed by atoms with Crippen molar-refractivity contribution in [2.45, 2.75) is 6.43 Å². The van der Waals surface area contributed by atoms with Gasteiger partial charge in [0.05, 0.1) is 0 Å². The monoisotopic (exact) mass is 326 g/mol. The predicted octanol–water partition coefficient (Wildman–Crippen LogP) is 4.15. The van der Waals surface area contributed by atoms with E-state index in [1.165, 1.54) is 17.4 Å². The van der Waals surface area contributed by atoms with Gasteiger partial charge in [0, 0.05) is 24.6 Å². The predicted molar refractivity (Wildman–Crippen MR) is 61.2 cm³/mol. The molecule has 0 spiro atoms. The van der Waals surface area contributed by atoms with Crippen LogP contribution >= 0.6 is 33.9 Å². The van der Waals surface area contributed by atoms with Crippen LogP contribution in [0.25, 0.3) is 10.1 Å². The molecule has 0 saturated carbocycles. The quantitative estimate of drug-likeness (QED) is 0.781. The molecule has 0 aliphatic heterocycles. The molecule has 0 aliphatic carbocycles. The molecule has 0 radical (unpaired) electrons. The van der Waals surface area contributed by atoms with E-state index in [1.807, 2.05) is 5.38 Å². The Morgan fingerprint density at radius 3 is 2.71 bits per heavy atom. The van der Waals surface area contributed by atoms with E-state index in [0.29, 0.717) is 10.1 Å². The highest BCUT2D eigenvalue weighted by molar-refractivity contribution is 14.1. The number of hydrogen-bond donors (Lipinski definition) is 1. The van der Waals surface area contributed by atoms with Crippen molar-refractivity contribution in [3.63, 3.8) is 0 Å². The number of aromatic hydroxyl groups is 1. The third kappa shape index (κ3) is 1.58. The van der Waals surface area contributed by atoms with Crippen LogP contribution in [-0.4, -0.2) is 5.11 Å². The summed E-state index contributed by atoms with van der Waals surface area (Å²) in [5, 5.41) is 12.0. The fourth-order valence-electron chi connectivity index (χ4n) is 1.25. The molecule has 5 heteroatoms. The largest absolute Gasteiger partial charge is 0.507 e. The SMILES string of the molecule is Oc1cc(C(F)F)cc2scc(I)c12. The topological polar surface area (TPSA) is 20.2 Å². The highest BCUT2D eigenvalue weighted by Crippen LogP contribution is 2.37. The van der Waals surface area contributed by atoms with Crippen LogP contribution in [0.5, 0.6) is 5.75 Å². The standard InChI is InChI=1S/C9H5F2IOS/c10-9(11)4-1-6(13)8-5(12)3-14-7(8)2-4/h1-3,9,13H. The molecule has 1 aromatic carbocycles. The molecule has 0 saturated heterocycles. The third-order valence-corrected chi connectivity index (χ3v) is 4.09. The molecule has 0 atom stereocenters. The van der Waals surface area contributed by atoms with Gasteiger partial charge < -0.3 is 5.11 Å². The van der Waals surface area contributed by atoms with E-state index < -0.39 is 6.43 Å². The Balaban J connectivity index is 2.74. The van der Waals surface area contributed by atoms with E-state index in [2.05, 4.69) is 22.6 Å². The van der Waals surface area contributed by atoms with Gasteiger partial charge in [-0.3, -0.25) is 0 Å². The molecule has 14 heavy (non-hydrogen) atoms. The summed E-state index contributed by atoms with van der Waals surface area (Å²) in [5.74, 6) is -0.0662. The molecule has 1 N–H and O–H groups in total. The number of halogens is 3. The second-order valence-electron chi connectivity index (χ2n) is 2.80. The second kappa shape index (κ2) is 3.62. The van der Waals surface area contributed by atoms with Crippen LogP contribution in [0.2, 0.25) is 0 Å². The van der Waals surface area contributed by atoms with Gasteiger partial charge in [0.2, 0.25) is 0 Å². The lowest BCUT2D eigenvalue weighted by Gasteiger charge is -2.02. The van der Waals surface area contributed by atoms with Gasteiger partial charge in [-0.25, -0.2) is 8.78 Å². The Hall–Kier alpha value is -0.430. The van der Waals surface area contributed by atoms with Gasteiger partial charge in [0.1, 0.15) is 5.75 Å². The number of phenols is 1. The van der Waals surface area contributed by atoms with E-state index in [1.54, 1.807) is 0 Å². The lowest BCUT2D eigenvalue weighted by molar-refractivity contribution is 0.151. The average Bonchev–Trinajstić information content (AvgIpc) is 2.48. The lowest BCUT2D eigenvalue weighted by atomic mass is 10.1. The number of thiophene rings is 1. The maximum Gasteiger partial charge on any atom is 0.264 e. The van der Waals surface area contributed by atoms with Crippen molar-refractivity contribution in [1.82, 2.24) is 0 Å². The molecule has 0 fully saturated rings. The summed E-state index contributed by atoms with van der Waals surface area (Å²) in [5.41, 5.74) is -0.131. The van der Waals surface area contributed by atoms with Crippen molar-refractivity contribution >= 4 is 44.0 Å². The molecule has 74 valence electrons. The summed E-state index contributed by atoms with van der Waals surface area (Å²) in [4.78, 5) is 0. The van der Waals surface area contributed by atoms with Gasteiger partial charge >= 0.3 is 0 Å². The van der Waals surface area contributed by atoms with Gasteiger partial charge in [-0.05, 0) is 34.7 Å². The first-order valence-corrected chi connectivity index (χ1v) is 5.73. The Labute approximate surface area is 96.5 Å². The summed E-state index contributed by atoms with van der Waals surface area (Å²) >= 11 is 3.43. The first-order chi connectivity index (χ1) is 6.59. The van der Waals surface area contributed by atoms with Crippen LogP contribution in [0.1, 0.15) is 12.0 Å². The molecule has 0 bridgehead atoms. The van der Waals surface area contributed by atoms with Gasteiger partial charge in [-0.1, -0.05) is 0 Å². The Bertz CT molecular complexity index is 481. The maximum absolute atomic E-state index is 12.4. The number of alkyl halides is 2. The smallest absolute Gasteiger partial charge is 0.264 e. The summed E-state index contributed by atoms with van der Waals surface area (Å²) < 4.78 is 26.3. The molecule has 2 aromatic rings. The van der Waals surface area contributed by atoms with Crippen LogP contribution in [0.4, 0.5) is 8.78 Å². The number of rotatable bonds is 1. The van der Waals surface area contributed by atoms with Crippen molar-refractivity contribution in [1.29, 1.82) is 0 Å². The number of phenolic OH excluding ortho intramolecular Hbond substituents is 1. The summed E-state index contributed by atoms with van der Waals surface area (Å²) in [6.07, 6.45) is -2.54. The summed E-state index contributed by atoms with van der Waals surface area (Å²) in [7, 11) is 0. The molecule has 2 rings (SSSR count). The van der Waals surface area contributed by atoms with E-state index in [-0.39, 0.29) is 11.3 Å². The molecule has 0 aliphatic rings. The van der Waals surface area contributed by atoms with Crippen molar-refractivity contribution in [3.8, 4) is 5.75 Å². The van der Waals surface area contributed by atoms with Crippen molar-refractivity contribution in [3.05, 3.63) is 26.6 Å². The van der Waals surface area contributed by atoms with Gasteiger partial charge in [0.15, 0.2) is 0 Å². The first kappa shape index (κ1) is 10.1. The molecule has 0 unspecified atom stereocenters. The molecule has 1 aromatic heterocycles. The number of hydrogen-bond acceptors (Lipinski definition) is 2. The summed E-state index contributed by atoms with van der Waals surface area (Å²) in [6.45, 7) is 0. The molecular weight excluding hydrogens is 321 g/mol. The lowest BCUT2D eigenvalue weighted by Crippen LogP contribution is -1.83. The minimum atomic E-state index is -2.54. The average molecular weight is 326 g/mol. The van der Waals surface area contributed by atoms with Crippen molar-refractivity contribution < 1.29 is 13.9 Å². The summed E-state index contributed by atoms with van der Waals surface area (Å²) in [6, 6.07) is 2.55. The normalized spacial score (nSPS) is 11.4. The van der Waals surface area contributed by atoms with Crippen LogP contribution in [0.15, 0.2) is 17.5 Å². The number of benzene rings is 1. The van der Waals surface area contributed by atoms with E-state index in [9.17, 15) is 13.9 Å². The highest BCUT2D eigenvalue weighted by atomic mass is 127. The van der Waals surface area contributed by atoms with Crippen molar-refractivity contribution in [2.24, 2.45) is 0 Å². The van der Waals surface area contributed by atoms with Crippen LogP contribution in [0, 0.1) is 3.57 Å². The fraction of sp³-hybridized carbons (Fsp3) is 0.111. The van der Waals surface area contributed by atoms with E-state index >= 15 is 0 Å². The number of fused-ring (bicyclic) bond motifs is 1. The minimum absolute atomic E-state index is 0.0662. The van der Waals surface area contributed by atoms with Gasteiger partial charge in [-0.15, -0.1) is 11.3 Å². The van der Waals surface area contributed by atoms with Crippen LogP contribution < -0.4 is 0 Å². The molecule has 1 nitrogen and oxygen atoms in total. The third-order valence-electron chi connectivity index (χ3n) is 1.88. The Morgan fingerprint density at radius 2 is 2.07 bits per heavy atom. The van der Waals surface area contributed by atoms with E-state index in [0.717, 1.165) is 9.64 Å². The Kier molecular flexibility index (Phi) is 2.61. The van der Waals surface area contributed by atoms with Crippen molar-refractivity contribution in [2.75, 3.05) is 0 Å². The zero-order chi connectivity index (χ0) is 10.3. The zero-order valence-corrected chi connectivity index (χ0v) is 9.77. The maximum atomic E-state index is 12.4. The highest BCUT2D eigenvalue weighted by Gasteiger charge is 2.13. The van der Waals surface area contributed by atoms with Crippen LogP contribution in [0.3, 0.4) is 0 Å². The van der Waals surface area contributed by atoms with E-state index in [4.69, 9.17) is 0 Å². The fourth-order valence-corrected chi connectivity index (χ4v) is 3.27.